The monoisotopic (exact) mass is 229 g/mol. The molecule has 0 spiro atoms. The third kappa shape index (κ3) is 2.54. The number of pyridine rings is 1. The molecule has 2 heterocycles. The standard InChI is InChI=1S/C11H11N5O/c1-8-5-6-9(11(12)13-8)14-15-10-4-2-3-7-16(10)17/h2-7,12,17H,1H3. The molecule has 6 heteroatoms. The van der Waals surface area contributed by atoms with Crippen molar-refractivity contribution in [2.45, 2.75) is 6.92 Å². The summed E-state index contributed by atoms with van der Waals surface area (Å²) in [5, 5.41) is 24.7. The quantitative estimate of drug-likeness (QED) is 0.546. The largest absolute Gasteiger partial charge is 0.427 e. The zero-order valence-corrected chi connectivity index (χ0v) is 9.20. The Hall–Kier alpha value is -2.50. The van der Waals surface area contributed by atoms with E-state index in [1.807, 2.05) is 0 Å². The Morgan fingerprint density at radius 3 is 2.82 bits per heavy atom. The molecule has 0 atom stereocenters. The van der Waals surface area contributed by atoms with Crippen LogP contribution in [0.2, 0.25) is 0 Å². The Morgan fingerprint density at radius 2 is 2.12 bits per heavy atom. The van der Waals surface area contributed by atoms with Crippen LogP contribution in [0.5, 0.6) is 0 Å². The Bertz CT molecular complexity index is 606. The molecular weight excluding hydrogens is 218 g/mol. The molecule has 0 saturated carbocycles. The van der Waals surface area contributed by atoms with Gasteiger partial charge in [-0.1, -0.05) is 6.07 Å². The van der Waals surface area contributed by atoms with Crippen LogP contribution in [0.25, 0.3) is 0 Å². The highest BCUT2D eigenvalue weighted by atomic mass is 16.5. The van der Waals surface area contributed by atoms with E-state index in [1.54, 1.807) is 37.3 Å². The highest BCUT2D eigenvalue weighted by Gasteiger charge is 2.07. The number of hydrogen-bond donors (Lipinski definition) is 2. The van der Waals surface area contributed by atoms with Gasteiger partial charge in [0, 0.05) is 11.9 Å². The number of nitrogens with zero attached hydrogens (tertiary/aromatic N) is 4. The molecule has 0 aromatic carbocycles. The van der Waals surface area contributed by atoms with E-state index in [0.717, 1.165) is 10.4 Å². The van der Waals surface area contributed by atoms with Crippen LogP contribution in [0.15, 0.2) is 51.7 Å². The van der Waals surface area contributed by atoms with E-state index in [0.29, 0.717) is 5.71 Å². The predicted molar refractivity (Wildman–Crippen MR) is 64.6 cm³/mol. The van der Waals surface area contributed by atoms with Gasteiger partial charge in [-0.3, -0.25) is 5.41 Å². The van der Waals surface area contributed by atoms with Gasteiger partial charge < -0.3 is 5.21 Å². The first-order valence-electron chi connectivity index (χ1n) is 4.98. The maximum Gasteiger partial charge on any atom is 0.189 e. The SMILES string of the molecule is CC1=NC(=N)C(=NN=c2ccccn2O)C=C1. The topological polar surface area (TPSA) is 86.1 Å². The van der Waals surface area contributed by atoms with Crippen molar-refractivity contribution in [3.8, 4) is 0 Å². The average molecular weight is 229 g/mol. The molecule has 0 bridgehead atoms. The number of amidine groups is 1. The highest BCUT2D eigenvalue weighted by molar-refractivity contribution is 6.48. The Labute approximate surface area is 97.4 Å². The third-order valence-corrected chi connectivity index (χ3v) is 2.09. The summed E-state index contributed by atoms with van der Waals surface area (Å²) in [4.78, 5) is 3.95. The minimum atomic E-state index is 0.0640. The van der Waals surface area contributed by atoms with Crippen molar-refractivity contribution in [3.63, 3.8) is 0 Å². The summed E-state index contributed by atoms with van der Waals surface area (Å²) in [5.41, 5.74) is 1.40. The van der Waals surface area contributed by atoms with Crippen molar-refractivity contribution in [2.75, 3.05) is 0 Å². The van der Waals surface area contributed by atoms with Gasteiger partial charge in [-0.15, -0.1) is 10.2 Å². The van der Waals surface area contributed by atoms with Gasteiger partial charge >= 0.3 is 0 Å². The molecule has 0 aliphatic carbocycles. The molecule has 0 unspecified atom stereocenters. The van der Waals surface area contributed by atoms with Gasteiger partial charge in [0.25, 0.3) is 0 Å². The first-order chi connectivity index (χ1) is 8.16. The lowest BCUT2D eigenvalue weighted by Gasteiger charge is -2.03. The molecule has 1 aliphatic rings. The van der Waals surface area contributed by atoms with E-state index in [-0.39, 0.29) is 11.3 Å². The van der Waals surface area contributed by atoms with Crippen molar-refractivity contribution < 1.29 is 5.21 Å². The molecular formula is C11H11N5O. The number of allylic oxidation sites excluding steroid dienone is 1. The maximum atomic E-state index is 9.40. The van der Waals surface area contributed by atoms with Crippen LogP contribution in [-0.2, 0) is 0 Å². The molecule has 0 fully saturated rings. The van der Waals surface area contributed by atoms with Crippen LogP contribution in [0, 0.1) is 5.41 Å². The van der Waals surface area contributed by atoms with Crippen LogP contribution in [0.1, 0.15) is 6.92 Å². The number of aromatic nitrogens is 1. The van der Waals surface area contributed by atoms with E-state index in [4.69, 9.17) is 5.41 Å². The molecule has 2 rings (SSSR count). The number of dihydropyridines is 1. The highest BCUT2D eigenvalue weighted by Crippen LogP contribution is 1.97. The average Bonchev–Trinajstić information content (AvgIpc) is 2.30. The molecule has 1 aliphatic heterocycles. The normalized spacial score (nSPS) is 18.6. The van der Waals surface area contributed by atoms with E-state index >= 15 is 0 Å². The summed E-state index contributed by atoms with van der Waals surface area (Å²) in [6, 6.07) is 5.01. The van der Waals surface area contributed by atoms with Gasteiger partial charge in [-0.25, -0.2) is 4.99 Å². The molecule has 17 heavy (non-hydrogen) atoms. The molecule has 86 valence electrons. The minimum Gasteiger partial charge on any atom is -0.427 e. The van der Waals surface area contributed by atoms with Gasteiger partial charge in [0.1, 0.15) is 5.71 Å². The second kappa shape index (κ2) is 4.56. The van der Waals surface area contributed by atoms with Gasteiger partial charge in [-0.05, 0) is 31.2 Å². The van der Waals surface area contributed by atoms with Crippen LogP contribution < -0.4 is 5.49 Å². The van der Waals surface area contributed by atoms with E-state index < -0.39 is 0 Å². The van der Waals surface area contributed by atoms with Crippen LogP contribution in [0.4, 0.5) is 0 Å². The summed E-state index contributed by atoms with van der Waals surface area (Å²) < 4.78 is 0.856. The Balaban J connectivity index is 2.35. The number of aliphatic imine (C=N–C) groups is 1. The van der Waals surface area contributed by atoms with Gasteiger partial charge in [0.05, 0.1) is 0 Å². The van der Waals surface area contributed by atoms with Crippen molar-refractivity contribution >= 4 is 17.3 Å². The van der Waals surface area contributed by atoms with Crippen LogP contribution in [-0.4, -0.2) is 27.2 Å². The summed E-state index contributed by atoms with van der Waals surface area (Å²) in [7, 11) is 0. The maximum absolute atomic E-state index is 9.40. The fourth-order valence-corrected chi connectivity index (χ4v) is 1.24. The van der Waals surface area contributed by atoms with Crippen LogP contribution in [0.3, 0.4) is 0 Å². The summed E-state index contributed by atoms with van der Waals surface area (Å²) in [6.07, 6.45) is 4.87. The molecule has 1 aromatic rings. The fourth-order valence-electron chi connectivity index (χ4n) is 1.24. The second-order valence-electron chi connectivity index (χ2n) is 3.42. The number of hydrogen-bond acceptors (Lipinski definition) is 4. The molecule has 0 amide bonds. The number of rotatable bonds is 1. The van der Waals surface area contributed by atoms with E-state index in [2.05, 4.69) is 15.2 Å². The zero-order valence-electron chi connectivity index (χ0n) is 9.20. The number of nitrogens with one attached hydrogen (secondary N) is 1. The predicted octanol–water partition coefficient (Wildman–Crippen LogP) is 0.990. The Kier molecular flexibility index (Phi) is 2.95. The van der Waals surface area contributed by atoms with Crippen molar-refractivity contribution in [3.05, 3.63) is 42.0 Å². The minimum absolute atomic E-state index is 0.0640. The van der Waals surface area contributed by atoms with Crippen molar-refractivity contribution in [1.82, 2.24) is 4.73 Å². The molecule has 1 aromatic heterocycles. The summed E-state index contributed by atoms with van der Waals surface area (Å²) in [5.74, 6) is 0.0640. The molecule has 2 N–H and O–H groups in total. The van der Waals surface area contributed by atoms with Gasteiger partial charge in [0.2, 0.25) is 0 Å². The lowest BCUT2D eigenvalue weighted by Crippen LogP contribution is -2.18. The van der Waals surface area contributed by atoms with Gasteiger partial charge in [-0.2, -0.15) is 4.73 Å². The van der Waals surface area contributed by atoms with Crippen molar-refractivity contribution in [1.29, 1.82) is 5.41 Å². The van der Waals surface area contributed by atoms with E-state index in [9.17, 15) is 5.21 Å². The Morgan fingerprint density at radius 1 is 1.29 bits per heavy atom. The van der Waals surface area contributed by atoms with Crippen LogP contribution >= 0.6 is 0 Å². The second-order valence-corrected chi connectivity index (χ2v) is 3.42. The van der Waals surface area contributed by atoms with Gasteiger partial charge in [0.15, 0.2) is 11.3 Å². The summed E-state index contributed by atoms with van der Waals surface area (Å²) in [6.45, 7) is 1.80. The first kappa shape index (κ1) is 11.0. The van der Waals surface area contributed by atoms with Crippen molar-refractivity contribution in [2.24, 2.45) is 15.2 Å². The smallest absolute Gasteiger partial charge is 0.189 e. The molecule has 6 nitrogen and oxygen atoms in total. The van der Waals surface area contributed by atoms with E-state index in [1.165, 1.54) is 6.20 Å². The lowest BCUT2D eigenvalue weighted by molar-refractivity contribution is 0.171. The first-order valence-corrected chi connectivity index (χ1v) is 4.98. The molecule has 0 radical (unpaired) electrons. The molecule has 0 saturated heterocycles. The zero-order chi connectivity index (χ0) is 12.3. The summed E-state index contributed by atoms with van der Waals surface area (Å²) >= 11 is 0. The third-order valence-electron chi connectivity index (χ3n) is 2.09. The fraction of sp³-hybridized carbons (Fsp3) is 0.0909. The lowest BCUT2D eigenvalue weighted by atomic mass is 10.2.